The van der Waals surface area contributed by atoms with E-state index in [1.54, 1.807) is 12.4 Å². The second-order valence-electron chi connectivity index (χ2n) is 5.65. The summed E-state index contributed by atoms with van der Waals surface area (Å²) in [5, 5.41) is 8.71. The van der Waals surface area contributed by atoms with Gasteiger partial charge < -0.3 is 9.84 Å². The van der Waals surface area contributed by atoms with Gasteiger partial charge in [-0.3, -0.25) is 4.79 Å². The van der Waals surface area contributed by atoms with Gasteiger partial charge in [-0.1, -0.05) is 30.3 Å². The van der Waals surface area contributed by atoms with Gasteiger partial charge in [0.1, 0.15) is 18.7 Å². The highest BCUT2D eigenvalue weighted by molar-refractivity contribution is 5.67. The van der Waals surface area contributed by atoms with Gasteiger partial charge in [-0.15, -0.1) is 0 Å². The Morgan fingerprint density at radius 1 is 0.960 bits per heavy atom. The van der Waals surface area contributed by atoms with Crippen LogP contribution in [0.4, 0.5) is 0 Å². The van der Waals surface area contributed by atoms with Crippen LogP contribution in [0.2, 0.25) is 0 Å². The van der Waals surface area contributed by atoms with Crippen molar-refractivity contribution in [3.63, 3.8) is 0 Å². The average molecular weight is 334 g/mol. The number of carboxylic acids is 1. The predicted molar refractivity (Wildman–Crippen MR) is 94.2 cm³/mol. The maximum absolute atomic E-state index is 10.6. The van der Waals surface area contributed by atoms with E-state index in [-0.39, 0.29) is 6.42 Å². The molecule has 5 heteroatoms. The van der Waals surface area contributed by atoms with Crippen LogP contribution in [0.25, 0.3) is 11.1 Å². The third kappa shape index (κ3) is 4.88. The van der Waals surface area contributed by atoms with Crippen molar-refractivity contribution in [3.8, 4) is 16.9 Å². The van der Waals surface area contributed by atoms with Crippen LogP contribution >= 0.6 is 0 Å². The van der Waals surface area contributed by atoms with E-state index in [9.17, 15) is 4.79 Å². The molecule has 0 aliphatic rings. The Bertz CT molecular complexity index is 833. The molecule has 0 aliphatic carbocycles. The average Bonchev–Trinajstić information content (AvgIpc) is 2.66. The topological polar surface area (TPSA) is 72.3 Å². The predicted octanol–water partition coefficient (Wildman–Crippen LogP) is 3.74. The van der Waals surface area contributed by atoms with Crippen molar-refractivity contribution in [1.82, 2.24) is 9.97 Å². The number of aryl methyl sites for hydroxylation is 1. The standard InChI is InChI=1S/C20H18N2O3/c23-20(24)9-6-15-4-7-19(8-5-15)25-13-16-2-1-3-17(10-16)18-11-21-14-22-12-18/h1-5,7-8,10-12,14H,6,9,13H2,(H,23,24). The molecule has 1 N–H and O–H groups in total. The molecular formula is C20H18N2O3. The number of carbonyl (C=O) groups is 1. The molecule has 3 rings (SSSR count). The van der Waals surface area contributed by atoms with Crippen LogP contribution in [0.15, 0.2) is 67.3 Å². The zero-order chi connectivity index (χ0) is 17.5. The minimum atomic E-state index is -0.788. The van der Waals surface area contributed by atoms with E-state index in [4.69, 9.17) is 9.84 Å². The van der Waals surface area contributed by atoms with Gasteiger partial charge in [-0.25, -0.2) is 9.97 Å². The monoisotopic (exact) mass is 334 g/mol. The highest BCUT2D eigenvalue weighted by Crippen LogP contribution is 2.20. The van der Waals surface area contributed by atoms with Crippen LogP contribution in [0.3, 0.4) is 0 Å². The molecule has 0 saturated carbocycles. The van der Waals surface area contributed by atoms with Crippen LogP contribution in [-0.2, 0) is 17.8 Å². The lowest BCUT2D eigenvalue weighted by Gasteiger charge is -2.09. The van der Waals surface area contributed by atoms with Gasteiger partial charge in [0.2, 0.25) is 0 Å². The second kappa shape index (κ2) is 8.06. The van der Waals surface area contributed by atoms with Crippen molar-refractivity contribution in [2.75, 3.05) is 0 Å². The fourth-order valence-electron chi connectivity index (χ4n) is 2.46. The van der Waals surface area contributed by atoms with Crippen LogP contribution in [0.1, 0.15) is 17.5 Å². The van der Waals surface area contributed by atoms with Crippen LogP contribution in [-0.4, -0.2) is 21.0 Å². The van der Waals surface area contributed by atoms with E-state index in [2.05, 4.69) is 16.0 Å². The van der Waals surface area contributed by atoms with Gasteiger partial charge >= 0.3 is 5.97 Å². The maximum Gasteiger partial charge on any atom is 0.303 e. The fraction of sp³-hybridized carbons (Fsp3) is 0.150. The summed E-state index contributed by atoms with van der Waals surface area (Å²) in [7, 11) is 0. The normalized spacial score (nSPS) is 10.4. The van der Waals surface area contributed by atoms with Crippen molar-refractivity contribution >= 4 is 5.97 Å². The van der Waals surface area contributed by atoms with E-state index in [0.717, 1.165) is 28.0 Å². The number of hydrogen-bond acceptors (Lipinski definition) is 4. The molecular weight excluding hydrogens is 316 g/mol. The van der Waals surface area contributed by atoms with Crippen molar-refractivity contribution in [3.05, 3.63) is 78.4 Å². The van der Waals surface area contributed by atoms with Crippen molar-refractivity contribution < 1.29 is 14.6 Å². The lowest BCUT2D eigenvalue weighted by atomic mass is 10.1. The van der Waals surface area contributed by atoms with Crippen LogP contribution in [0.5, 0.6) is 5.75 Å². The lowest BCUT2D eigenvalue weighted by molar-refractivity contribution is -0.136. The Kier molecular flexibility index (Phi) is 5.36. The fourth-order valence-corrected chi connectivity index (χ4v) is 2.46. The maximum atomic E-state index is 10.6. The summed E-state index contributed by atoms with van der Waals surface area (Å²) in [5.41, 5.74) is 4.05. The van der Waals surface area contributed by atoms with E-state index in [0.29, 0.717) is 13.0 Å². The molecule has 0 amide bonds. The number of rotatable bonds is 7. The molecule has 0 radical (unpaired) electrons. The molecule has 0 bridgehead atoms. The van der Waals surface area contributed by atoms with E-state index in [1.807, 2.05) is 42.5 Å². The molecule has 0 aliphatic heterocycles. The highest BCUT2D eigenvalue weighted by atomic mass is 16.5. The third-order valence-corrected chi connectivity index (χ3v) is 3.78. The van der Waals surface area contributed by atoms with Crippen molar-refractivity contribution in [2.45, 2.75) is 19.4 Å². The zero-order valence-electron chi connectivity index (χ0n) is 13.6. The Labute approximate surface area is 146 Å². The summed E-state index contributed by atoms with van der Waals surface area (Å²) in [4.78, 5) is 18.7. The van der Waals surface area contributed by atoms with Crippen molar-refractivity contribution in [1.29, 1.82) is 0 Å². The lowest BCUT2D eigenvalue weighted by Crippen LogP contribution is -1.98. The molecule has 0 unspecified atom stereocenters. The summed E-state index contributed by atoms with van der Waals surface area (Å²) in [6.07, 6.45) is 5.73. The Morgan fingerprint density at radius 2 is 1.72 bits per heavy atom. The summed E-state index contributed by atoms with van der Waals surface area (Å²) in [5.74, 6) is -0.0310. The van der Waals surface area contributed by atoms with Crippen molar-refractivity contribution in [2.24, 2.45) is 0 Å². The molecule has 0 fully saturated rings. The molecule has 1 heterocycles. The number of benzene rings is 2. The highest BCUT2D eigenvalue weighted by Gasteiger charge is 2.02. The number of hydrogen-bond donors (Lipinski definition) is 1. The van der Waals surface area contributed by atoms with Crippen LogP contribution in [0, 0.1) is 0 Å². The molecule has 0 saturated heterocycles. The molecule has 0 spiro atoms. The summed E-state index contributed by atoms with van der Waals surface area (Å²) in [6.45, 7) is 0.454. The zero-order valence-corrected chi connectivity index (χ0v) is 13.6. The van der Waals surface area contributed by atoms with Gasteiger partial charge in [0.15, 0.2) is 0 Å². The van der Waals surface area contributed by atoms with E-state index < -0.39 is 5.97 Å². The quantitative estimate of drug-likeness (QED) is 0.712. The first-order valence-electron chi connectivity index (χ1n) is 7.98. The smallest absolute Gasteiger partial charge is 0.303 e. The first kappa shape index (κ1) is 16.6. The summed E-state index contributed by atoms with van der Waals surface area (Å²) >= 11 is 0. The first-order chi connectivity index (χ1) is 12.2. The SMILES string of the molecule is O=C(O)CCc1ccc(OCc2cccc(-c3cncnc3)c2)cc1. The van der Waals surface area contributed by atoms with Gasteiger partial charge in [-0.2, -0.15) is 0 Å². The minimum absolute atomic E-state index is 0.135. The molecule has 1 aromatic heterocycles. The molecule has 126 valence electrons. The van der Waals surface area contributed by atoms with Gasteiger partial charge in [0.05, 0.1) is 0 Å². The second-order valence-corrected chi connectivity index (χ2v) is 5.65. The largest absolute Gasteiger partial charge is 0.489 e. The molecule has 3 aromatic rings. The molecule has 2 aromatic carbocycles. The first-order valence-corrected chi connectivity index (χ1v) is 7.98. The number of aromatic nitrogens is 2. The van der Waals surface area contributed by atoms with E-state index >= 15 is 0 Å². The molecule has 5 nitrogen and oxygen atoms in total. The van der Waals surface area contributed by atoms with Crippen LogP contribution < -0.4 is 4.74 Å². The Hall–Kier alpha value is -3.21. The van der Waals surface area contributed by atoms with E-state index in [1.165, 1.54) is 6.33 Å². The third-order valence-electron chi connectivity index (χ3n) is 3.78. The number of nitrogens with zero attached hydrogens (tertiary/aromatic N) is 2. The summed E-state index contributed by atoms with van der Waals surface area (Å²) in [6, 6.07) is 15.6. The molecule has 0 atom stereocenters. The Morgan fingerprint density at radius 3 is 2.44 bits per heavy atom. The number of aliphatic carboxylic acids is 1. The van der Waals surface area contributed by atoms with Gasteiger partial charge in [-0.05, 0) is 41.3 Å². The van der Waals surface area contributed by atoms with Gasteiger partial charge in [0, 0.05) is 24.4 Å². The Balaban J connectivity index is 1.61. The number of ether oxygens (including phenoxy) is 1. The molecule has 25 heavy (non-hydrogen) atoms. The van der Waals surface area contributed by atoms with Gasteiger partial charge in [0.25, 0.3) is 0 Å². The number of carboxylic acid groups (broad SMARTS) is 1. The minimum Gasteiger partial charge on any atom is -0.489 e. The summed E-state index contributed by atoms with van der Waals surface area (Å²) < 4.78 is 5.82.